The number of halogens is 2. The summed E-state index contributed by atoms with van der Waals surface area (Å²) in [5.74, 6) is -1.49. The van der Waals surface area contributed by atoms with E-state index in [2.05, 4.69) is 5.32 Å². The highest BCUT2D eigenvalue weighted by molar-refractivity contribution is 6.46. The third-order valence-electron chi connectivity index (χ3n) is 6.34. The van der Waals surface area contributed by atoms with Crippen molar-refractivity contribution in [1.29, 1.82) is 0 Å². The highest BCUT2D eigenvalue weighted by Crippen LogP contribution is 2.32. The second kappa shape index (κ2) is 12.8. The molecule has 0 aromatic heterocycles. The molecular formula is C32H23Cl2N3O6. The maximum Gasteiger partial charge on any atom is 0.343 e. The van der Waals surface area contributed by atoms with E-state index < -0.39 is 23.8 Å². The largest absolute Gasteiger partial charge is 0.493 e. The highest BCUT2D eigenvalue weighted by atomic mass is 35.5. The van der Waals surface area contributed by atoms with E-state index in [0.717, 1.165) is 9.80 Å². The van der Waals surface area contributed by atoms with E-state index in [4.69, 9.17) is 32.7 Å². The Kier molecular flexibility index (Phi) is 8.75. The molecule has 0 saturated carbocycles. The number of hydrogen-bond donors (Lipinski definition) is 1. The molecule has 0 aliphatic carbocycles. The Morgan fingerprint density at radius 2 is 1.37 bits per heavy atom. The summed E-state index contributed by atoms with van der Waals surface area (Å²) in [7, 11) is 1.42. The van der Waals surface area contributed by atoms with Crippen LogP contribution in [0.4, 0.5) is 21.9 Å². The van der Waals surface area contributed by atoms with Crippen molar-refractivity contribution in [3.63, 3.8) is 0 Å². The van der Waals surface area contributed by atoms with Crippen LogP contribution in [0.1, 0.15) is 5.56 Å². The predicted molar refractivity (Wildman–Crippen MR) is 165 cm³/mol. The zero-order valence-electron chi connectivity index (χ0n) is 22.6. The lowest BCUT2D eigenvalue weighted by Gasteiger charge is -2.33. The highest BCUT2D eigenvalue weighted by Gasteiger charge is 2.43. The smallest absolute Gasteiger partial charge is 0.343 e. The molecule has 1 fully saturated rings. The molecule has 0 atom stereocenters. The van der Waals surface area contributed by atoms with Gasteiger partial charge in [-0.15, -0.1) is 0 Å². The maximum absolute atomic E-state index is 13.6. The number of hydrogen-bond acceptors (Lipinski definition) is 6. The molecule has 1 N–H and O–H groups in total. The van der Waals surface area contributed by atoms with Gasteiger partial charge in [0.2, 0.25) is 0 Å². The minimum atomic E-state index is -0.787. The van der Waals surface area contributed by atoms with Crippen LogP contribution in [0.2, 0.25) is 10.0 Å². The van der Waals surface area contributed by atoms with Crippen LogP contribution in [0.25, 0.3) is 6.08 Å². The number of ether oxygens (including phenoxy) is 2. The lowest BCUT2D eigenvalue weighted by Crippen LogP contribution is -2.57. The topological polar surface area (TPSA) is 105 Å². The summed E-state index contributed by atoms with van der Waals surface area (Å²) in [6.45, 7) is -0.339. The third kappa shape index (κ3) is 6.38. The van der Waals surface area contributed by atoms with Crippen molar-refractivity contribution in [2.45, 2.75) is 0 Å². The normalized spacial score (nSPS) is 13.2. The summed E-state index contributed by atoms with van der Waals surface area (Å²) in [4.78, 5) is 55.0. The number of nitrogens with zero attached hydrogens (tertiary/aromatic N) is 2. The van der Waals surface area contributed by atoms with Crippen LogP contribution < -0.4 is 24.6 Å². The van der Waals surface area contributed by atoms with Crippen molar-refractivity contribution in [3.8, 4) is 11.5 Å². The molecule has 4 aromatic carbocycles. The van der Waals surface area contributed by atoms with Gasteiger partial charge in [0, 0.05) is 5.69 Å². The van der Waals surface area contributed by atoms with Crippen LogP contribution in [0, 0.1) is 0 Å². The van der Waals surface area contributed by atoms with Crippen molar-refractivity contribution in [2.24, 2.45) is 0 Å². The number of amides is 5. The summed E-state index contributed by atoms with van der Waals surface area (Å²) in [5.41, 5.74) is 1.28. The Hall–Kier alpha value is -5.12. The van der Waals surface area contributed by atoms with Gasteiger partial charge in [0.1, 0.15) is 5.57 Å². The monoisotopic (exact) mass is 615 g/mol. The third-order valence-corrected chi connectivity index (χ3v) is 7.08. The van der Waals surface area contributed by atoms with Gasteiger partial charge < -0.3 is 14.8 Å². The number of rotatable bonds is 8. The van der Waals surface area contributed by atoms with Crippen LogP contribution in [0.5, 0.6) is 11.5 Å². The Balaban J connectivity index is 1.41. The number of nitrogens with one attached hydrogen (secondary N) is 1. The Labute approximate surface area is 256 Å². The van der Waals surface area contributed by atoms with Crippen LogP contribution in [-0.2, 0) is 14.4 Å². The lowest BCUT2D eigenvalue weighted by molar-refractivity contribution is -0.121. The minimum Gasteiger partial charge on any atom is -0.493 e. The van der Waals surface area contributed by atoms with Gasteiger partial charge in [-0.3, -0.25) is 14.4 Å². The van der Waals surface area contributed by atoms with E-state index in [1.165, 1.54) is 19.3 Å². The summed E-state index contributed by atoms with van der Waals surface area (Å²) in [6.07, 6.45) is 1.38. The van der Waals surface area contributed by atoms with Gasteiger partial charge in [-0.1, -0.05) is 65.7 Å². The van der Waals surface area contributed by atoms with E-state index in [0.29, 0.717) is 32.7 Å². The lowest BCUT2D eigenvalue weighted by atomic mass is 10.0. The van der Waals surface area contributed by atoms with Crippen molar-refractivity contribution in [2.75, 3.05) is 28.8 Å². The van der Waals surface area contributed by atoms with Crippen molar-refractivity contribution in [3.05, 3.63) is 118 Å². The predicted octanol–water partition coefficient (Wildman–Crippen LogP) is 6.60. The quantitative estimate of drug-likeness (QED) is 0.177. The number of benzene rings is 4. The fourth-order valence-electron chi connectivity index (χ4n) is 4.31. The summed E-state index contributed by atoms with van der Waals surface area (Å²) < 4.78 is 11.1. The maximum atomic E-state index is 13.6. The molecular weight excluding hydrogens is 593 g/mol. The second-order valence-electron chi connectivity index (χ2n) is 9.17. The standard InChI is InChI=1S/C32H23Cl2N3O6/c1-42-28-17-20(12-15-27(28)43-19-29(38)35-21-13-14-25(33)26(34)18-21)16-24-30(39)36(22-8-4-2-5-9-22)32(41)37(31(24)40)23-10-6-3-7-11-23/h2-18H,19H2,1H3,(H,35,38). The van der Waals surface area contributed by atoms with Crippen LogP contribution in [-0.4, -0.2) is 37.5 Å². The van der Waals surface area contributed by atoms with Crippen molar-refractivity contribution in [1.82, 2.24) is 0 Å². The first-order valence-electron chi connectivity index (χ1n) is 12.9. The average Bonchev–Trinajstić information content (AvgIpc) is 3.01. The molecule has 0 spiro atoms. The molecule has 11 heteroatoms. The van der Waals surface area contributed by atoms with E-state index >= 15 is 0 Å². The molecule has 0 unspecified atom stereocenters. The van der Waals surface area contributed by atoms with E-state index in [-0.39, 0.29) is 23.7 Å². The fraction of sp³-hybridized carbons (Fsp3) is 0.0625. The van der Waals surface area contributed by atoms with Crippen molar-refractivity contribution >= 4 is 70.1 Å². The molecule has 5 amide bonds. The number of anilines is 3. The van der Waals surface area contributed by atoms with Crippen molar-refractivity contribution < 1.29 is 28.7 Å². The molecule has 9 nitrogen and oxygen atoms in total. The van der Waals surface area contributed by atoms with Gasteiger partial charge in [0.05, 0.1) is 28.5 Å². The van der Waals surface area contributed by atoms with Gasteiger partial charge in [0.25, 0.3) is 17.7 Å². The number of urea groups is 1. The van der Waals surface area contributed by atoms with E-state index in [1.807, 2.05) is 0 Å². The van der Waals surface area contributed by atoms with Gasteiger partial charge in [-0.05, 0) is 66.2 Å². The summed E-state index contributed by atoms with van der Waals surface area (Å²) >= 11 is 11.9. The van der Waals surface area contributed by atoms with Gasteiger partial charge in [0.15, 0.2) is 18.1 Å². The van der Waals surface area contributed by atoms with Gasteiger partial charge in [-0.25, -0.2) is 14.6 Å². The molecule has 4 aromatic rings. The van der Waals surface area contributed by atoms with E-state index in [9.17, 15) is 19.2 Å². The number of imide groups is 2. The molecule has 1 saturated heterocycles. The number of methoxy groups -OCH3 is 1. The Morgan fingerprint density at radius 3 is 1.93 bits per heavy atom. The number of carbonyl (C=O) groups excluding carboxylic acids is 4. The zero-order chi connectivity index (χ0) is 30.5. The summed E-state index contributed by atoms with van der Waals surface area (Å²) in [5, 5.41) is 3.32. The summed E-state index contributed by atoms with van der Waals surface area (Å²) in [6, 6.07) is 25.3. The SMILES string of the molecule is COc1cc(C=C2C(=O)N(c3ccccc3)C(=O)N(c3ccccc3)C2=O)ccc1OCC(=O)Nc1ccc(Cl)c(Cl)c1. The van der Waals surface area contributed by atoms with Crippen LogP contribution >= 0.6 is 23.2 Å². The molecule has 216 valence electrons. The first-order valence-corrected chi connectivity index (χ1v) is 13.6. The molecule has 43 heavy (non-hydrogen) atoms. The molecule has 0 bridgehead atoms. The minimum absolute atomic E-state index is 0.232. The zero-order valence-corrected chi connectivity index (χ0v) is 24.1. The molecule has 5 rings (SSSR count). The Morgan fingerprint density at radius 1 is 0.767 bits per heavy atom. The molecule has 0 radical (unpaired) electrons. The van der Waals surface area contributed by atoms with E-state index in [1.54, 1.807) is 91.0 Å². The van der Waals surface area contributed by atoms with Gasteiger partial charge in [-0.2, -0.15) is 0 Å². The number of barbiturate groups is 1. The molecule has 1 aliphatic heterocycles. The average molecular weight is 616 g/mol. The molecule has 1 aliphatic rings. The number of para-hydroxylation sites is 2. The molecule has 1 heterocycles. The first-order chi connectivity index (χ1) is 20.8. The fourth-order valence-corrected chi connectivity index (χ4v) is 4.61. The van der Waals surface area contributed by atoms with Crippen LogP contribution in [0.15, 0.2) is 103 Å². The second-order valence-corrected chi connectivity index (χ2v) is 9.98. The Bertz CT molecular complexity index is 1680. The first kappa shape index (κ1) is 29.4. The van der Waals surface area contributed by atoms with Crippen LogP contribution in [0.3, 0.4) is 0 Å². The van der Waals surface area contributed by atoms with Gasteiger partial charge >= 0.3 is 6.03 Å². The number of carbonyl (C=O) groups is 4.